The van der Waals surface area contributed by atoms with Gasteiger partial charge in [0, 0.05) is 45.1 Å². The molecule has 2 aromatic rings. The first-order valence-corrected chi connectivity index (χ1v) is 8.84. The van der Waals surface area contributed by atoms with Crippen molar-refractivity contribution in [3.63, 3.8) is 0 Å². The van der Waals surface area contributed by atoms with Gasteiger partial charge in [0.1, 0.15) is 0 Å². The molecule has 1 aromatic carbocycles. The van der Waals surface area contributed by atoms with E-state index >= 15 is 0 Å². The Hall–Kier alpha value is -3.22. The summed E-state index contributed by atoms with van der Waals surface area (Å²) in [6, 6.07) is 9.48. The summed E-state index contributed by atoms with van der Waals surface area (Å²) >= 11 is 0. The summed E-state index contributed by atoms with van der Waals surface area (Å²) < 4.78 is 0. The van der Waals surface area contributed by atoms with E-state index in [1.54, 1.807) is 15.9 Å². The van der Waals surface area contributed by atoms with Crippen molar-refractivity contribution in [2.75, 3.05) is 26.2 Å². The lowest BCUT2D eigenvalue weighted by atomic mass is 10.1. The second-order valence-corrected chi connectivity index (χ2v) is 6.56. The maximum atomic E-state index is 12.6. The van der Waals surface area contributed by atoms with Crippen LogP contribution < -0.4 is 5.32 Å². The molecule has 3 rings (SSSR count). The van der Waals surface area contributed by atoms with Crippen LogP contribution in [0.2, 0.25) is 0 Å². The molecule has 0 aliphatic carbocycles. The van der Waals surface area contributed by atoms with Gasteiger partial charge in [-0.15, -0.1) is 0 Å². The highest BCUT2D eigenvalue weighted by Crippen LogP contribution is 2.10. The Morgan fingerprint density at radius 3 is 2.41 bits per heavy atom. The normalized spacial score (nSPS) is 14.0. The molecule has 27 heavy (non-hydrogen) atoms. The number of aromatic nitrogens is 1. The third-order valence-corrected chi connectivity index (χ3v) is 4.57. The molecule has 1 aliphatic heterocycles. The quantitative estimate of drug-likeness (QED) is 0.807. The fourth-order valence-electron chi connectivity index (χ4n) is 2.88. The van der Waals surface area contributed by atoms with Crippen molar-refractivity contribution in [3.8, 4) is 0 Å². The molecule has 1 saturated heterocycles. The molecule has 1 aliphatic rings. The molecule has 7 nitrogen and oxygen atoms in total. The van der Waals surface area contributed by atoms with Crippen LogP contribution in [0, 0.1) is 6.92 Å². The van der Waals surface area contributed by atoms with E-state index in [-0.39, 0.29) is 11.8 Å². The monoisotopic (exact) mass is 366 g/mol. The molecule has 0 unspecified atom stereocenters. The maximum Gasteiger partial charge on any atom is 0.255 e. The molecule has 3 amide bonds. The standard InChI is InChI=1S/C20H22N4O3/c1-15-2-4-16(5-3-15)11-22-19(26)17-10-18(13-21-12-17)20(27)24-8-6-23(14-25)7-9-24/h2-5,10,12-14H,6-9,11H2,1H3,(H,22,26). The van der Waals surface area contributed by atoms with E-state index in [9.17, 15) is 14.4 Å². The predicted octanol–water partition coefficient (Wildman–Crippen LogP) is 1.23. The number of aryl methyl sites for hydroxylation is 1. The molecule has 0 saturated carbocycles. The molecule has 0 radical (unpaired) electrons. The van der Waals surface area contributed by atoms with Gasteiger partial charge < -0.3 is 15.1 Å². The zero-order valence-corrected chi connectivity index (χ0v) is 15.2. The third kappa shape index (κ3) is 4.69. The molecule has 1 aromatic heterocycles. The number of piperazine rings is 1. The van der Waals surface area contributed by atoms with Crippen molar-refractivity contribution >= 4 is 18.2 Å². The Morgan fingerprint density at radius 2 is 1.74 bits per heavy atom. The van der Waals surface area contributed by atoms with Crippen LogP contribution in [0.25, 0.3) is 0 Å². The largest absolute Gasteiger partial charge is 0.348 e. The van der Waals surface area contributed by atoms with Crippen LogP contribution in [-0.2, 0) is 11.3 Å². The molecular weight excluding hydrogens is 344 g/mol. The summed E-state index contributed by atoms with van der Waals surface area (Å²) in [6.07, 6.45) is 3.71. The first kappa shape index (κ1) is 18.6. The van der Waals surface area contributed by atoms with Gasteiger partial charge in [-0.1, -0.05) is 29.8 Å². The van der Waals surface area contributed by atoms with Gasteiger partial charge in [0.15, 0.2) is 0 Å². The van der Waals surface area contributed by atoms with E-state index in [0.29, 0.717) is 43.9 Å². The molecule has 2 heterocycles. The molecule has 0 bridgehead atoms. The third-order valence-electron chi connectivity index (χ3n) is 4.57. The Morgan fingerprint density at radius 1 is 1.07 bits per heavy atom. The van der Waals surface area contributed by atoms with Gasteiger partial charge in [0.2, 0.25) is 6.41 Å². The highest BCUT2D eigenvalue weighted by Gasteiger charge is 2.22. The average molecular weight is 366 g/mol. The van der Waals surface area contributed by atoms with E-state index in [4.69, 9.17) is 0 Å². The topological polar surface area (TPSA) is 82.6 Å². The van der Waals surface area contributed by atoms with Crippen molar-refractivity contribution in [2.45, 2.75) is 13.5 Å². The van der Waals surface area contributed by atoms with E-state index in [0.717, 1.165) is 17.5 Å². The number of hydrogen-bond acceptors (Lipinski definition) is 4. The highest BCUT2D eigenvalue weighted by molar-refractivity contribution is 5.99. The van der Waals surface area contributed by atoms with Crippen molar-refractivity contribution in [1.82, 2.24) is 20.1 Å². The van der Waals surface area contributed by atoms with Gasteiger partial charge >= 0.3 is 0 Å². The van der Waals surface area contributed by atoms with Crippen molar-refractivity contribution in [3.05, 3.63) is 65.0 Å². The van der Waals surface area contributed by atoms with Gasteiger partial charge in [-0.3, -0.25) is 19.4 Å². The maximum absolute atomic E-state index is 12.6. The predicted molar refractivity (Wildman–Crippen MR) is 100 cm³/mol. The number of pyridine rings is 1. The minimum Gasteiger partial charge on any atom is -0.348 e. The van der Waals surface area contributed by atoms with E-state index < -0.39 is 0 Å². The molecule has 1 fully saturated rings. The zero-order valence-electron chi connectivity index (χ0n) is 15.2. The number of hydrogen-bond donors (Lipinski definition) is 1. The fraction of sp³-hybridized carbons (Fsp3) is 0.300. The lowest BCUT2D eigenvalue weighted by Crippen LogP contribution is -2.48. The molecule has 0 spiro atoms. The molecular formula is C20H22N4O3. The summed E-state index contributed by atoms with van der Waals surface area (Å²) in [5.41, 5.74) is 2.88. The molecule has 0 atom stereocenters. The molecule has 7 heteroatoms. The second-order valence-electron chi connectivity index (χ2n) is 6.56. The summed E-state index contributed by atoms with van der Waals surface area (Å²) in [5.74, 6) is -0.454. The summed E-state index contributed by atoms with van der Waals surface area (Å²) in [6.45, 7) is 4.39. The van der Waals surface area contributed by atoms with Crippen LogP contribution in [0.5, 0.6) is 0 Å². The Kier molecular flexibility index (Phi) is 5.80. The van der Waals surface area contributed by atoms with Gasteiger partial charge in [-0.25, -0.2) is 0 Å². The average Bonchev–Trinajstić information content (AvgIpc) is 2.72. The smallest absolute Gasteiger partial charge is 0.255 e. The molecule has 140 valence electrons. The number of amides is 3. The number of nitrogens with one attached hydrogen (secondary N) is 1. The number of carbonyl (C=O) groups excluding carboxylic acids is 3. The number of rotatable bonds is 5. The first-order valence-electron chi connectivity index (χ1n) is 8.84. The van der Waals surface area contributed by atoms with Gasteiger partial charge in [-0.05, 0) is 18.6 Å². The minimum atomic E-state index is -0.275. The Bertz CT molecular complexity index is 827. The zero-order chi connectivity index (χ0) is 19.2. The summed E-state index contributed by atoms with van der Waals surface area (Å²) in [7, 11) is 0. The van der Waals surface area contributed by atoms with Gasteiger partial charge in [0.25, 0.3) is 11.8 Å². The van der Waals surface area contributed by atoms with Crippen molar-refractivity contribution in [2.24, 2.45) is 0 Å². The van der Waals surface area contributed by atoms with E-state index in [1.807, 2.05) is 31.2 Å². The Balaban J connectivity index is 1.62. The van der Waals surface area contributed by atoms with Gasteiger partial charge in [-0.2, -0.15) is 0 Å². The number of carbonyl (C=O) groups is 3. The van der Waals surface area contributed by atoms with Crippen LogP contribution >= 0.6 is 0 Å². The van der Waals surface area contributed by atoms with Crippen LogP contribution in [0.4, 0.5) is 0 Å². The van der Waals surface area contributed by atoms with Crippen LogP contribution in [-0.4, -0.2) is 59.2 Å². The van der Waals surface area contributed by atoms with Crippen LogP contribution in [0.15, 0.2) is 42.7 Å². The minimum absolute atomic E-state index is 0.179. The SMILES string of the molecule is Cc1ccc(CNC(=O)c2cncc(C(=O)N3CCN(C=O)CC3)c2)cc1. The Labute approximate surface area is 158 Å². The van der Waals surface area contributed by atoms with Crippen molar-refractivity contribution in [1.29, 1.82) is 0 Å². The first-order chi connectivity index (χ1) is 13.1. The lowest BCUT2D eigenvalue weighted by molar-refractivity contribution is -0.119. The summed E-state index contributed by atoms with van der Waals surface area (Å²) in [5, 5.41) is 2.84. The summed E-state index contributed by atoms with van der Waals surface area (Å²) in [4.78, 5) is 43.2. The van der Waals surface area contributed by atoms with Crippen LogP contribution in [0.1, 0.15) is 31.8 Å². The van der Waals surface area contributed by atoms with E-state index in [2.05, 4.69) is 10.3 Å². The number of nitrogens with zero attached hydrogens (tertiary/aromatic N) is 3. The second kappa shape index (κ2) is 8.44. The van der Waals surface area contributed by atoms with Gasteiger partial charge in [0.05, 0.1) is 11.1 Å². The van der Waals surface area contributed by atoms with Crippen LogP contribution in [0.3, 0.4) is 0 Å². The van der Waals surface area contributed by atoms with E-state index in [1.165, 1.54) is 12.4 Å². The molecule has 1 N–H and O–H groups in total. The number of benzene rings is 1. The highest BCUT2D eigenvalue weighted by atomic mass is 16.2. The van der Waals surface area contributed by atoms with Crippen molar-refractivity contribution < 1.29 is 14.4 Å². The fourth-order valence-corrected chi connectivity index (χ4v) is 2.88. The lowest BCUT2D eigenvalue weighted by Gasteiger charge is -2.32.